The van der Waals surface area contributed by atoms with Gasteiger partial charge in [-0.2, -0.15) is 0 Å². The van der Waals surface area contributed by atoms with Gasteiger partial charge in [0.25, 0.3) is 0 Å². The molecule has 1 fully saturated rings. The van der Waals surface area contributed by atoms with Crippen molar-refractivity contribution in [2.45, 2.75) is 12.3 Å². The molecule has 2 aliphatic rings. The predicted octanol–water partition coefficient (Wildman–Crippen LogP) is 2.29. The van der Waals surface area contributed by atoms with Crippen LogP contribution in [0.4, 0.5) is 0 Å². The molecule has 1 heterocycles. The quantitative estimate of drug-likeness (QED) is 0.614. The third-order valence-corrected chi connectivity index (χ3v) is 4.23. The van der Waals surface area contributed by atoms with Gasteiger partial charge in [0.1, 0.15) is 0 Å². The molecule has 1 saturated heterocycles. The van der Waals surface area contributed by atoms with Gasteiger partial charge in [-0.3, -0.25) is 14.5 Å². The van der Waals surface area contributed by atoms with Crippen LogP contribution >= 0.6 is 0 Å². The summed E-state index contributed by atoms with van der Waals surface area (Å²) in [5, 5.41) is 0. The number of carbonyl (C=O) groups is 2. The minimum absolute atomic E-state index is 0.0345. The second-order valence-electron chi connectivity index (χ2n) is 5.43. The van der Waals surface area contributed by atoms with Crippen LogP contribution in [0.1, 0.15) is 38.6 Å². The van der Waals surface area contributed by atoms with Gasteiger partial charge in [-0.25, -0.2) is 0 Å². The molecule has 2 bridgehead atoms. The number of fused-ring (bicyclic) bond motifs is 4. The Kier molecular flexibility index (Phi) is 3.07. The second-order valence-corrected chi connectivity index (χ2v) is 5.43. The maximum Gasteiger partial charge on any atom is 0.168 e. The lowest BCUT2D eigenvalue weighted by Crippen LogP contribution is -2.45. The highest BCUT2D eigenvalue weighted by atomic mass is 16.1. The number of benzene rings is 1. The van der Waals surface area contributed by atoms with Gasteiger partial charge in [0, 0.05) is 36.7 Å². The zero-order chi connectivity index (χ0) is 13.4. The Morgan fingerprint density at radius 2 is 2.11 bits per heavy atom. The summed E-state index contributed by atoms with van der Waals surface area (Å²) >= 11 is 0. The van der Waals surface area contributed by atoms with Crippen LogP contribution in [-0.4, -0.2) is 36.6 Å². The first-order valence-corrected chi connectivity index (χ1v) is 6.70. The van der Waals surface area contributed by atoms with Gasteiger partial charge in [-0.1, -0.05) is 24.3 Å². The highest BCUT2D eigenvalue weighted by Gasteiger charge is 2.39. The van der Waals surface area contributed by atoms with Crippen LogP contribution in [0.3, 0.4) is 0 Å². The Labute approximate surface area is 112 Å². The molecule has 0 amide bonds. The Balaban J connectivity index is 2.05. The molecule has 1 aliphatic carbocycles. The summed E-state index contributed by atoms with van der Waals surface area (Å²) in [6, 6.07) is 5.62. The summed E-state index contributed by atoms with van der Waals surface area (Å²) in [6.45, 7) is 6.32. The fraction of sp³-hybridized carbons (Fsp3) is 0.375. The summed E-state index contributed by atoms with van der Waals surface area (Å²) in [5.74, 6) is 0.543. The van der Waals surface area contributed by atoms with Gasteiger partial charge >= 0.3 is 0 Å². The zero-order valence-electron chi connectivity index (χ0n) is 10.8. The Morgan fingerprint density at radius 1 is 1.32 bits per heavy atom. The van der Waals surface area contributed by atoms with Gasteiger partial charge < -0.3 is 0 Å². The topological polar surface area (TPSA) is 37.4 Å². The highest BCUT2D eigenvalue weighted by molar-refractivity contribution is 6.06. The minimum atomic E-state index is 0.0345. The summed E-state index contributed by atoms with van der Waals surface area (Å²) in [4.78, 5) is 26.0. The fourth-order valence-electron chi connectivity index (χ4n) is 3.45. The van der Waals surface area contributed by atoms with Crippen molar-refractivity contribution >= 4 is 12.1 Å². The molecule has 98 valence electrons. The molecule has 1 aliphatic heterocycles. The number of ketones is 1. The van der Waals surface area contributed by atoms with E-state index in [-0.39, 0.29) is 11.7 Å². The number of Topliss-reactive ketones (excluding diaryl/α,β-unsaturated/α-hetero) is 1. The standard InChI is InChI=1S/C16H17NO2/c1-2-6-17-8-12-7-13(9-17)16(19)15-11(10-18)4-3-5-14(12)15/h2-5,10,12-13H,1,6-9H2. The van der Waals surface area contributed by atoms with Crippen LogP contribution in [0.5, 0.6) is 0 Å². The lowest BCUT2D eigenvalue weighted by Gasteiger charge is -2.41. The monoisotopic (exact) mass is 255 g/mol. The number of aldehydes is 1. The van der Waals surface area contributed by atoms with E-state index in [2.05, 4.69) is 11.5 Å². The zero-order valence-corrected chi connectivity index (χ0v) is 10.8. The van der Waals surface area contributed by atoms with Gasteiger partial charge in [0.2, 0.25) is 0 Å². The number of hydrogen-bond donors (Lipinski definition) is 0. The number of carbonyl (C=O) groups excluding carboxylic acids is 2. The van der Waals surface area contributed by atoms with Crippen molar-refractivity contribution in [2.75, 3.05) is 19.6 Å². The van der Waals surface area contributed by atoms with E-state index in [1.165, 1.54) is 0 Å². The van der Waals surface area contributed by atoms with Gasteiger partial charge in [-0.15, -0.1) is 6.58 Å². The summed E-state index contributed by atoms with van der Waals surface area (Å²) in [5.41, 5.74) is 2.28. The molecular weight excluding hydrogens is 238 g/mol. The Bertz CT molecular complexity index is 550. The van der Waals surface area contributed by atoms with E-state index in [0.717, 1.165) is 37.9 Å². The van der Waals surface area contributed by atoms with Gasteiger partial charge in [0.05, 0.1) is 0 Å². The SMILES string of the molecule is C=CCN1CC2CC(C1)c1cccc(C=O)c1C2=O. The molecule has 3 nitrogen and oxygen atoms in total. The van der Waals surface area contributed by atoms with E-state index < -0.39 is 0 Å². The van der Waals surface area contributed by atoms with Crippen molar-refractivity contribution in [3.8, 4) is 0 Å². The third kappa shape index (κ3) is 1.94. The number of likely N-dealkylation sites (tertiary alicyclic amines) is 1. The molecule has 0 radical (unpaired) electrons. The first-order chi connectivity index (χ1) is 9.24. The molecule has 0 aromatic heterocycles. The molecule has 1 aromatic rings. The third-order valence-electron chi connectivity index (χ3n) is 4.23. The van der Waals surface area contributed by atoms with Crippen molar-refractivity contribution in [3.63, 3.8) is 0 Å². The van der Waals surface area contributed by atoms with Crippen LogP contribution in [0.25, 0.3) is 0 Å². The van der Waals surface area contributed by atoms with Crippen LogP contribution in [-0.2, 0) is 0 Å². The number of nitrogens with zero attached hydrogens (tertiary/aromatic N) is 1. The van der Waals surface area contributed by atoms with Crippen molar-refractivity contribution in [1.29, 1.82) is 0 Å². The molecular formula is C16H17NO2. The molecule has 3 heteroatoms. The van der Waals surface area contributed by atoms with Gasteiger partial charge in [0.15, 0.2) is 12.1 Å². The molecule has 2 unspecified atom stereocenters. The lowest BCUT2D eigenvalue weighted by atomic mass is 9.72. The summed E-state index contributed by atoms with van der Waals surface area (Å²) in [6.07, 6.45) is 3.61. The van der Waals surface area contributed by atoms with Crippen LogP contribution in [0.15, 0.2) is 30.9 Å². The van der Waals surface area contributed by atoms with Crippen LogP contribution < -0.4 is 0 Å². The normalized spacial score (nSPS) is 25.8. The number of piperidine rings is 1. The minimum Gasteiger partial charge on any atom is -0.298 e. The maximum absolute atomic E-state index is 12.5. The summed E-state index contributed by atoms with van der Waals surface area (Å²) in [7, 11) is 0. The first-order valence-electron chi connectivity index (χ1n) is 6.70. The maximum atomic E-state index is 12.5. The number of hydrogen-bond acceptors (Lipinski definition) is 3. The molecule has 19 heavy (non-hydrogen) atoms. The average Bonchev–Trinajstić information content (AvgIpc) is 2.44. The van der Waals surface area contributed by atoms with Crippen molar-refractivity contribution < 1.29 is 9.59 Å². The molecule has 0 N–H and O–H groups in total. The second kappa shape index (κ2) is 4.74. The van der Waals surface area contributed by atoms with E-state index in [1.807, 2.05) is 18.2 Å². The number of rotatable bonds is 3. The van der Waals surface area contributed by atoms with E-state index in [1.54, 1.807) is 6.07 Å². The van der Waals surface area contributed by atoms with E-state index in [0.29, 0.717) is 17.0 Å². The smallest absolute Gasteiger partial charge is 0.168 e. The van der Waals surface area contributed by atoms with E-state index in [4.69, 9.17) is 0 Å². The largest absolute Gasteiger partial charge is 0.298 e. The Hall–Kier alpha value is -1.74. The molecule has 0 spiro atoms. The van der Waals surface area contributed by atoms with Gasteiger partial charge in [-0.05, 0) is 17.9 Å². The van der Waals surface area contributed by atoms with Crippen molar-refractivity contribution in [2.24, 2.45) is 5.92 Å². The fourth-order valence-corrected chi connectivity index (χ4v) is 3.45. The van der Waals surface area contributed by atoms with E-state index in [9.17, 15) is 9.59 Å². The first kappa shape index (κ1) is 12.3. The molecule has 1 aromatic carbocycles. The lowest BCUT2D eigenvalue weighted by molar-refractivity contribution is 0.0770. The van der Waals surface area contributed by atoms with E-state index >= 15 is 0 Å². The highest BCUT2D eigenvalue weighted by Crippen LogP contribution is 2.40. The average molecular weight is 255 g/mol. The molecule has 2 atom stereocenters. The predicted molar refractivity (Wildman–Crippen MR) is 73.6 cm³/mol. The summed E-state index contributed by atoms with van der Waals surface area (Å²) < 4.78 is 0. The van der Waals surface area contributed by atoms with Crippen LogP contribution in [0, 0.1) is 5.92 Å². The van der Waals surface area contributed by atoms with Crippen LogP contribution in [0.2, 0.25) is 0 Å². The van der Waals surface area contributed by atoms with Crippen molar-refractivity contribution in [3.05, 3.63) is 47.5 Å². The molecule has 3 rings (SSSR count). The molecule has 0 saturated carbocycles. The Morgan fingerprint density at radius 3 is 2.84 bits per heavy atom. The van der Waals surface area contributed by atoms with Crippen molar-refractivity contribution in [1.82, 2.24) is 4.90 Å².